The van der Waals surface area contributed by atoms with Crippen LogP contribution in [-0.2, 0) is 20.9 Å². The summed E-state index contributed by atoms with van der Waals surface area (Å²) in [5, 5.41) is 5.57. The Labute approximate surface area is 157 Å². The lowest BCUT2D eigenvalue weighted by molar-refractivity contribution is -0.134. The maximum Gasteiger partial charge on any atom is 0.340 e. The molecule has 0 aromatic heterocycles. The number of benzene rings is 2. The molecule has 27 heavy (non-hydrogen) atoms. The van der Waals surface area contributed by atoms with Gasteiger partial charge in [0.05, 0.1) is 17.9 Å². The van der Waals surface area contributed by atoms with Crippen molar-refractivity contribution in [1.82, 2.24) is 5.32 Å². The molecule has 1 aliphatic carbocycles. The van der Waals surface area contributed by atoms with E-state index in [0.717, 1.165) is 5.56 Å². The monoisotopic (exact) mass is 366 g/mol. The van der Waals surface area contributed by atoms with E-state index in [1.807, 2.05) is 30.3 Å². The summed E-state index contributed by atoms with van der Waals surface area (Å²) in [4.78, 5) is 37.4. The topological polar surface area (TPSA) is 84.5 Å². The van der Waals surface area contributed by atoms with E-state index in [9.17, 15) is 14.4 Å². The third kappa shape index (κ3) is 4.16. The van der Waals surface area contributed by atoms with Crippen LogP contribution in [-0.4, -0.2) is 24.4 Å². The second-order valence-electron chi connectivity index (χ2n) is 6.47. The number of hydrogen-bond donors (Lipinski definition) is 2. The quantitative estimate of drug-likeness (QED) is 0.583. The van der Waals surface area contributed by atoms with Gasteiger partial charge in [-0.15, -0.1) is 0 Å². The Balaban J connectivity index is 1.67. The minimum Gasteiger partial charge on any atom is -0.462 e. The van der Waals surface area contributed by atoms with E-state index in [1.54, 1.807) is 31.2 Å². The molecule has 0 heterocycles. The standard InChI is InChI=1S/C21H22N2O4/c1-2-27-18(24)16-10-6-7-11-17(16)23-20(26)21(12-13-21)19(25)22-14-15-8-4-3-5-9-15/h3-11H,2,12-14H2,1H3,(H,22,25)(H,23,26). The fourth-order valence-electron chi connectivity index (χ4n) is 2.85. The molecular weight excluding hydrogens is 344 g/mol. The van der Waals surface area contributed by atoms with Gasteiger partial charge >= 0.3 is 5.97 Å². The van der Waals surface area contributed by atoms with Gasteiger partial charge in [0.2, 0.25) is 11.8 Å². The number of carbonyl (C=O) groups excluding carboxylic acids is 3. The fourth-order valence-corrected chi connectivity index (χ4v) is 2.85. The molecule has 2 aromatic rings. The molecule has 0 bridgehead atoms. The first kappa shape index (κ1) is 18.6. The first-order valence-electron chi connectivity index (χ1n) is 8.96. The maximum absolute atomic E-state index is 12.8. The summed E-state index contributed by atoms with van der Waals surface area (Å²) in [6.45, 7) is 2.33. The van der Waals surface area contributed by atoms with Crippen LogP contribution in [0, 0.1) is 5.41 Å². The molecule has 2 amide bonds. The van der Waals surface area contributed by atoms with Crippen LogP contribution in [0.15, 0.2) is 54.6 Å². The van der Waals surface area contributed by atoms with Crippen LogP contribution >= 0.6 is 0 Å². The Morgan fingerprint density at radius 1 is 0.963 bits per heavy atom. The third-order valence-electron chi connectivity index (χ3n) is 4.59. The fraction of sp³-hybridized carbons (Fsp3) is 0.286. The first-order valence-corrected chi connectivity index (χ1v) is 8.96. The molecular formula is C21H22N2O4. The number of ether oxygens (including phenoxy) is 1. The Kier molecular flexibility index (Phi) is 5.54. The van der Waals surface area contributed by atoms with E-state index in [4.69, 9.17) is 4.74 Å². The molecule has 6 heteroatoms. The van der Waals surface area contributed by atoms with Gasteiger partial charge in [-0.25, -0.2) is 4.79 Å². The predicted molar refractivity (Wildman–Crippen MR) is 101 cm³/mol. The predicted octanol–water partition coefficient (Wildman–Crippen LogP) is 2.90. The number of para-hydroxylation sites is 1. The van der Waals surface area contributed by atoms with Gasteiger partial charge in [0.1, 0.15) is 5.41 Å². The number of hydrogen-bond acceptors (Lipinski definition) is 4. The summed E-state index contributed by atoms with van der Waals surface area (Å²) in [5.74, 6) is -1.20. The summed E-state index contributed by atoms with van der Waals surface area (Å²) < 4.78 is 5.02. The number of esters is 1. The molecule has 0 spiro atoms. The molecule has 0 aliphatic heterocycles. The summed E-state index contributed by atoms with van der Waals surface area (Å²) in [6.07, 6.45) is 0.974. The van der Waals surface area contributed by atoms with E-state index in [0.29, 0.717) is 25.1 Å². The second-order valence-corrected chi connectivity index (χ2v) is 6.47. The number of anilines is 1. The number of carbonyl (C=O) groups is 3. The average Bonchev–Trinajstić information content (AvgIpc) is 3.50. The van der Waals surface area contributed by atoms with Crippen LogP contribution in [0.1, 0.15) is 35.7 Å². The minimum atomic E-state index is -1.07. The normalized spacial score (nSPS) is 14.1. The van der Waals surface area contributed by atoms with Gasteiger partial charge in [0, 0.05) is 6.54 Å². The lowest BCUT2D eigenvalue weighted by Crippen LogP contribution is -2.39. The maximum atomic E-state index is 12.8. The molecule has 0 radical (unpaired) electrons. The molecule has 2 aromatic carbocycles. The largest absolute Gasteiger partial charge is 0.462 e. The highest BCUT2D eigenvalue weighted by atomic mass is 16.5. The van der Waals surface area contributed by atoms with Crippen molar-refractivity contribution in [3.8, 4) is 0 Å². The molecule has 3 rings (SSSR count). The van der Waals surface area contributed by atoms with E-state index in [-0.39, 0.29) is 18.1 Å². The number of nitrogens with one attached hydrogen (secondary N) is 2. The van der Waals surface area contributed by atoms with Crippen molar-refractivity contribution in [3.05, 3.63) is 65.7 Å². The summed E-state index contributed by atoms with van der Waals surface area (Å²) >= 11 is 0. The number of rotatable bonds is 7. The lowest BCUT2D eigenvalue weighted by Gasteiger charge is -2.17. The molecule has 6 nitrogen and oxygen atoms in total. The summed E-state index contributed by atoms with van der Waals surface area (Å²) in [5.41, 5.74) is 0.516. The zero-order chi connectivity index (χ0) is 19.3. The molecule has 0 saturated heterocycles. The van der Waals surface area contributed by atoms with Gasteiger partial charge in [-0.1, -0.05) is 42.5 Å². The first-order chi connectivity index (χ1) is 13.1. The van der Waals surface area contributed by atoms with Crippen molar-refractivity contribution < 1.29 is 19.1 Å². The zero-order valence-electron chi connectivity index (χ0n) is 15.2. The highest BCUT2D eigenvalue weighted by Gasteiger charge is 2.56. The van der Waals surface area contributed by atoms with Gasteiger partial charge in [-0.3, -0.25) is 9.59 Å². The highest BCUT2D eigenvalue weighted by molar-refractivity contribution is 6.14. The molecule has 2 N–H and O–H groups in total. The molecule has 0 atom stereocenters. The van der Waals surface area contributed by atoms with E-state index in [2.05, 4.69) is 10.6 Å². The van der Waals surface area contributed by atoms with Crippen molar-refractivity contribution in [2.24, 2.45) is 5.41 Å². The Morgan fingerprint density at radius 3 is 2.30 bits per heavy atom. The third-order valence-corrected chi connectivity index (χ3v) is 4.59. The van der Waals surface area contributed by atoms with E-state index < -0.39 is 17.3 Å². The van der Waals surface area contributed by atoms with Gasteiger partial charge in [0.25, 0.3) is 0 Å². The molecule has 0 unspecified atom stereocenters. The summed E-state index contributed by atoms with van der Waals surface area (Å²) in [6, 6.07) is 16.1. The van der Waals surface area contributed by atoms with Crippen molar-refractivity contribution in [2.75, 3.05) is 11.9 Å². The molecule has 1 aliphatic rings. The van der Waals surface area contributed by atoms with Gasteiger partial charge in [-0.05, 0) is 37.5 Å². The van der Waals surface area contributed by atoms with E-state index in [1.165, 1.54) is 0 Å². The summed E-state index contributed by atoms with van der Waals surface area (Å²) in [7, 11) is 0. The van der Waals surface area contributed by atoms with E-state index >= 15 is 0 Å². The van der Waals surface area contributed by atoms with Gasteiger partial charge in [-0.2, -0.15) is 0 Å². The Bertz CT molecular complexity index is 844. The van der Waals surface area contributed by atoms with Crippen LogP contribution in [0.4, 0.5) is 5.69 Å². The molecule has 1 saturated carbocycles. The number of amides is 2. The Morgan fingerprint density at radius 2 is 1.63 bits per heavy atom. The van der Waals surface area contributed by atoms with Crippen LogP contribution in [0.5, 0.6) is 0 Å². The molecule has 1 fully saturated rings. The van der Waals surface area contributed by atoms with Crippen molar-refractivity contribution in [2.45, 2.75) is 26.3 Å². The van der Waals surface area contributed by atoms with Crippen molar-refractivity contribution >= 4 is 23.5 Å². The SMILES string of the molecule is CCOC(=O)c1ccccc1NC(=O)C1(C(=O)NCc2ccccc2)CC1. The van der Waals surface area contributed by atoms with Crippen LogP contribution in [0.3, 0.4) is 0 Å². The average molecular weight is 366 g/mol. The second kappa shape index (κ2) is 8.03. The van der Waals surface area contributed by atoms with Gasteiger partial charge in [0.15, 0.2) is 0 Å². The lowest BCUT2D eigenvalue weighted by atomic mass is 10.0. The van der Waals surface area contributed by atoms with Crippen molar-refractivity contribution in [1.29, 1.82) is 0 Å². The highest BCUT2D eigenvalue weighted by Crippen LogP contribution is 2.47. The van der Waals surface area contributed by atoms with Crippen LogP contribution < -0.4 is 10.6 Å². The minimum absolute atomic E-state index is 0.243. The molecule has 140 valence electrons. The Hall–Kier alpha value is -3.15. The van der Waals surface area contributed by atoms with Crippen LogP contribution in [0.2, 0.25) is 0 Å². The van der Waals surface area contributed by atoms with Crippen molar-refractivity contribution in [3.63, 3.8) is 0 Å². The zero-order valence-corrected chi connectivity index (χ0v) is 15.2. The van der Waals surface area contributed by atoms with Crippen LogP contribution in [0.25, 0.3) is 0 Å². The smallest absolute Gasteiger partial charge is 0.340 e. The van der Waals surface area contributed by atoms with Gasteiger partial charge < -0.3 is 15.4 Å².